The highest BCUT2D eigenvalue weighted by Gasteiger charge is 2.32. The zero-order chi connectivity index (χ0) is 27.3. The van der Waals surface area contributed by atoms with Gasteiger partial charge in [-0.2, -0.15) is 0 Å². The summed E-state index contributed by atoms with van der Waals surface area (Å²) in [4.78, 5) is 46.1. The van der Waals surface area contributed by atoms with Crippen molar-refractivity contribution in [2.24, 2.45) is 5.92 Å². The highest BCUT2D eigenvalue weighted by atomic mass is 16.6. The highest BCUT2D eigenvalue weighted by molar-refractivity contribution is 5.95. The minimum absolute atomic E-state index is 0.0203. The van der Waals surface area contributed by atoms with Crippen LogP contribution in [0, 0.1) is 5.92 Å². The molecule has 9 heteroatoms. The van der Waals surface area contributed by atoms with Gasteiger partial charge in [0.25, 0.3) is 5.91 Å². The number of carbonyl (C=O) groups is 3. The Morgan fingerprint density at radius 1 is 0.868 bits per heavy atom. The minimum Gasteiger partial charge on any atom is -0.466 e. The third kappa shape index (κ3) is 7.18. The van der Waals surface area contributed by atoms with Gasteiger partial charge >= 0.3 is 12.1 Å². The van der Waals surface area contributed by atoms with Crippen LogP contribution >= 0.6 is 0 Å². The molecule has 2 amide bonds. The number of hydrogen-bond donors (Lipinski definition) is 0. The number of nitrogens with zero attached hydrogens (tertiary/aromatic N) is 4. The SMILES string of the molecule is CCOC(=O)C1CCCN(C(=O)c2ccc(N3CCN(C4CCN(C(=O)OC(C)(C)C)CC4)CC3)cc2)C1. The summed E-state index contributed by atoms with van der Waals surface area (Å²) >= 11 is 0. The van der Waals surface area contributed by atoms with Crippen LogP contribution in [0.4, 0.5) is 10.5 Å². The number of rotatable bonds is 5. The molecule has 9 nitrogen and oxygen atoms in total. The zero-order valence-electron chi connectivity index (χ0n) is 23.5. The summed E-state index contributed by atoms with van der Waals surface area (Å²) in [5.41, 5.74) is 1.33. The van der Waals surface area contributed by atoms with Gasteiger partial charge in [0.05, 0.1) is 12.5 Å². The van der Waals surface area contributed by atoms with E-state index in [1.807, 2.05) is 56.9 Å². The molecule has 3 aliphatic heterocycles. The lowest BCUT2D eigenvalue weighted by molar-refractivity contribution is -0.149. The van der Waals surface area contributed by atoms with Crippen molar-refractivity contribution in [2.45, 2.75) is 65.0 Å². The Kier molecular flexibility index (Phi) is 9.18. The van der Waals surface area contributed by atoms with Gasteiger partial charge in [-0.05, 0) is 77.6 Å². The molecule has 0 spiro atoms. The van der Waals surface area contributed by atoms with Crippen LogP contribution in [0.2, 0.25) is 0 Å². The van der Waals surface area contributed by atoms with Gasteiger partial charge in [0, 0.05) is 69.7 Å². The van der Waals surface area contributed by atoms with E-state index in [2.05, 4.69) is 9.80 Å². The van der Waals surface area contributed by atoms with Gasteiger partial charge in [-0.1, -0.05) is 0 Å². The van der Waals surface area contributed by atoms with Crippen molar-refractivity contribution in [1.29, 1.82) is 0 Å². The molecule has 1 atom stereocenters. The molecule has 3 saturated heterocycles. The predicted molar refractivity (Wildman–Crippen MR) is 146 cm³/mol. The molecular weight excluding hydrogens is 484 g/mol. The predicted octanol–water partition coefficient (Wildman–Crippen LogP) is 3.62. The van der Waals surface area contributed by atoms with Gasteiger partial charge in [-0.3, -0.25) is 14.5 Å². The van der Waals surface area contributed by atoms with Crippen LogP contribution in [-0.2, 0) is 14.3 Å². The summed E-state index contributed by atoms with van der Waals surface area (Å²) in [6, 6.07) is 8.39. The molecule has 1 aromatic rings. The van der Waals surface area contributed by atoms with Crippen LogP contribution in [0.3, 0.4) is 0 Å². The molecule has 0 aliphatic carbocycles. The van der Waals surface area contributed by atoms with Crippen LogP contribution in [0.25, 0.3) is 0 Å². The van der Waals surface area contributed by atoms with Crippen LogP contribution < -0.4 is 4.90 Å². The first kappa shape index (κ1) is 28.2. The smallest absolute Gasteiger partial charge is 0.410 e. The molecule has 210 valence electrons. The number of esters is 1. The fourth-order valence-electron chi connectivity index (χ4n) is 5.70. The van der Waals surface area contributed by atoms with E-state index >= 15 is 0 Å². The summed E-state index contributed by atoms with van der Waals surface area (Å²) in [5, 5.41) is 0. The summed E-state index contributed by atoms with van der Waals surface area (Å²) < 4.78 is 10.7. The standard InChI is InChI=1S/C29H44N4O5/c1-5-37-27(35)23-7-6-14-33(21-23)26(34)22-8-10-24(11-9-22)30-17-19-31(20-18-30)25-12-15-32(16-13-25)28(36)38-29(2,3)4/h8-11,23,25H,5-7,12-21H2,1-4H3. The van der Waals surface area contributed by atoms with E-state index < -0.39 is 5.60 Å². The summed E-state index contributed by atoms with van der Waals surface area (Å²) in [6.07, 6.45) is 3.34. The van der Waals surface area contributed by atoms with Gasteiger partial charge < -0.3 is 24.2 Å². The Morgan fingerprint density at radius 3 is 2.13 bits per heavy atom. The average molecular weight is 529 g/mol. The number of piperidine rings is 2. The zero-order valence-corrected chi connectivity index (χ0v) is 23.5. The number of likely N-dealkylation sites (tertiary alicyclic amines) is 2. The van der Waals surface area contributed by atoms with Gasteiger partial charge in [0.15, 0.2) is 0 Å². The fourth-order valence-corrected chi connectivity index (χ4v) is 5.70. The van der Waals surface area contributed by atoms with E-state index in [0.29, 0.717) is 31.3 Å². The second-order valence-electron chi connectivity index (χ2n) is 11.6. The second kappa shape index (κ2) is 12.4. The highest BCUT2D eigenvalue weighted by Crippen LogP contribution is 2.24. The van der Waals surface area contributed by atoms with Crippen LogP contribution in [0.5, 0.6) is 0 Å². The molecule has 3 fully saturated rings. The van der Waals surface area contributed by atoms with Crippen molar-refractivity contribution in [3.8, 4) is 0 Å². The Labute approximate surface area is 227 Å². The summed E-state index contributed by atoms with van der Waals surface area (Å²) in [5.74, 6) is -0.450. The Balaban J connectivity index is 1.24. The third-order valence-electron chi connectivity index (χ3n) is 7.75. The first-order valence-corrected chi connectivity index (χ1v) is 14.2. The van der Waals surface area contributed by atoms with E-state index in [9.17, 15) is 14.4 Å². The van der Waals surface area contributed by atoms with Gasteiger partial charge in [-0.25, -0.2) is 4.79 Å². The quantitative estimate of drug-likeness (QED) is 0.540. The number of piperazine rings is 1. The minimum atomic E-state index is -0.462. The molecule has 0 aromatic heterocycles. The number of anilines is 1. The van der Waals surface area contributed by atoms with Crippen LogP contribution in [0.1, 0.15) is 63.7 Å². The number of hydrogen-bond acceptors (Lipinski definition) is 7. The molecule has 0 N–H and O–H groups in total. The Morgan fingerprint density at radius 2 is 1.53 bits per heavy atom. The average Bonchev–Trinajstić information content (AvgIpc) is 2.92. The number of benzene rings is 1. The molecule has 0 saturated carbocycles. The van der Waals surface area contributed by atoms with Crippen LogP contribution in [0.15, 0.2) is 24.3 Å². The molecular formula is C29H44N4O5. The maximum absolute atomic E-state index is 13.1. The largest absolute Gasteiger partial charge is 0.466 e. The van der Waals surface area contributed by atoms with E-state index in [-0.39, 0.29) is 23.9 Å². The number of ether oxygens (including phenoxy) is 2. The number of amides is 2. The van der Waals surface area contributed by atoms with Crippen LogP contribution in [-0.4, -0.2) is 103 Å². The molecule has 38 heavy (non-hydrogen) atoms. The van der Waals surface area contributed by atoms with Crippen molar-refractivity contribution in [1.82, 2.24) is 14.7 Å². The van der Waals surface area contributed by atoms with Crippen molar-refractivity contribution >= 4 is 23.7 Å². The van der Waals surface area contributed by atoms with Crippen molar-refractivity contribution in [3.05, 3.63) is 29.8 Å². The molecule has 1 aromatic carbocycles. The maximum atomic E-state index is 13.1. The third-order valence-corrected chi connectivity index (χ3v) is 7.75. The van der Waals surface area contributed by atoms with Gasteiger partial charge in [0.1, 0.15) is 5.60 Å². The Hall–Kier alpha value is -2.81. The van der Waals surface area contributed by atoms with E-state index in [1.165, 1.54) is 0 Å². The topological polar surface area (TPSA) is 82.6 Å². The van der Waals surface area contributed by atoms with Gasteiger partial charge in [-0.15, -0.1) is 0 Å². The molecule has 1 unspecified atom stereocenters. The van der Waals surface area contributed by atoms with Gasteiger partial charge in [0.2, 0.25) is 0 Å². The normalized spacial score (nSPS) is 21.8. The second-order valence-corrected chi connectivity index (χ2v) is 11.6. The lowest BCUT2D eigenvalue weighted by Gasteiger charge is -2.43. The van der Waals surface area contributed by atoms with E-state index in [1.54, 1.807) is 4.90 Å². The summed E-state index contributed by atoms with van der Waals surface area (Å²) in [6.45, 7) is 14.3. The monoisotopic (exact) mass is 528 g/mol. The van der Waals surface area contributed by atoms with Crippen molar-refractivity contribution < 1.29 is 23.9 Å². The fraction of sp³-hybridized carbons (Fsp3) is 0.690. The molecule has 3 aliphatic rings. The Bertz CT molecular complexity index is 960. The summed E-state index contributed by atoms with van der Waals surface area (Å²) in [7, 11) is 0. The first-order valence-electron chi connectivity index (χ1n) is 14.2. The molecule has 3 heterocycles. The van der Waals surface area contributed by atoms with Crippen molar-refractivity contribution in [3.63, 3.8) is 0 Å². The first-order chi connectivity index (χ1) is 18.1. The maximum Gasteiger partial charge on any atom is 0.410 e. The lowest BCUT2D eigenvalue weighted by atomic mass is 9.97. The lowest BCUT2D eigenvalue weighted by Crippen LogP contribution is -2.54. The molecule has 4 rings (SSSR count). The molecule has 0 bridgehead atoms. The van der Waals surface area contributed by atoms with E-state index in [0.717, 1.165) is 70.6 Å². The van der Waals surface area contributed by atoms with E-state index in [4.69, 9.17) is 9.47 Å². The van der Waals surface area contributed by atoms with Crippen molar-refractivity contribution in [2.75, 3.05) is 63.9 Å². The number of carbonyl (C=O) groups excluding carboxylic acids is 3. The molecule has 0 radical (unpaired) electrons.